The summed E-state index contributed by atoms with van der Waals surface area (Å²) in [6.45, 7) is 2.16. The van der Waals surface area contributed by atoms with Gasteiger partial charge in [-0.3, -0.25) is 0 Å². The van der Waals surface area contributed by atoms with Crippen molar-refractivity contribution in [1.82, 2.24) is 5.32 Å². The molecule has 1 aromatic carbocycles. The normalized spacial score (nSPS) is 12.6. The van der Waals surface area contributed by atoms with Gasteiger partial charge in [0.25, 0.3) is 0 Å². The second kappa shape index (κ2) is 6.64. The molecule has 0 aliphatic carbocycles. The summed E-state index contributed by atoms with van der Waals surface area (Å²) in [5, 5.41) is 3.27. The van der Waals surface area contributed by atoms with E-state index >= 15 is 0 Å². The van der Waals surface area contributed by atoms with Gasteiger partial charge in [-0.2, -0.15) is 0 Å². The van der Waals surface area contributed by atoms with Crippen molar-refractivity contribution in [2.75, 3.05) is 7.05 Å². The van der Waals surface area contributed by atoms with Crippen LogP contribution in [0.4, 0.5) is 4.39 Å². The Hall–Kier alpha value is -0.710. The zero-order valence-corrected chi connectivity index (χ0v) is 13.4. The fourth-order valence-corrected chi connectivity index (χ4v) is 3.57. The van der Waals surface area contributed by atoms with Gasteiger partial charge >= 0.3 is 0 Å². The minimum Gasteiger partial charge on any atom is -0.313 e. The maximum atomic E-state index is 13.5. The molecular weight excluding hydrogens is 325 g/mol. The molecule has 0 radical (unpaired) electrons. The van der Waals surface area contributed by atoms with E-state index < -0.39 is 0 Å². The number of halogens is 2. The minimum atomic E-state index is -0.204. The number of thiophene rings is 1. The maximum absolute atomic E-state index is 13.5. The van der Waals surface area contributed by atoms with Gasteiger partial charge in [-0.1, -0.05) is 22.9 Å². The molecule has 1 unspecified atom stereocenters. The average Bonchev–Trinajstić information content (AvgIpc) is 2.82. The first-order valence-electron chi connectivity index (χ1n) is 6.33. The van der Waals surface area contributed by atoms with Crippen LogP contribution in [0, 0.1) is 5.82 Å². The van der Waals surface area contributed by atoms with Gasteiger partial charge in [0, 0.05) is 26.7 Å². The van der Waals surface area contributed by atoms with Crippen LogP contribution in [0.1, 0.15) is 28.3 Å². The van der Waals surface area contributed by atoms with Crippen LogP contribution in [0.3, 0.4) is 0 Å². The Morgan fingerprint density at radius 2 is 2.00 bits per heavy atom. The Labute approximate surface area is 126 Å². The highest BCUT2D eigenvalue weighted by atomic mass is 79.9. The first kappa shape index (κ1) is 14.7. The molecule has 0 aliphatic heterocycles. The fourth-order valence-electron chi connectivity index (χ4n) is 2.09. The second-order valence-electron chi connectivity index (χ2n) is 4.47. The van der Waals surface area contributed by atoms with Crippen LogP contribution >= 0.6 is 27.3 Å². The van der Waals surface area contributed by atoms with Crippen LogP contribution < -0.4 is 5.32 Å². The lowest BCUT2D eigenvalue weighted by atomic mass is 10.0. The Morgan fingerprint density at radius 1 is 1.26 bits per heavy atom. The molecule has 102 valence electrons. The molecular formula is C15H17BrFNS. The Kier molecular flexibility index (Phi) is 5.13. The Balaban J connectivity index is 2.19. The van der Waals surface area contributed by atoms with Crippen LogP contribution in [0.2, 0.25) is 0 Å². The van der Waals surface area contributed by atoms with Crippen molar-refractivity contribution in [3.63, 3.8) is 0 Å². The molecule has 0 fully saturated rings. The van der Waals surface area contributed by atoms with Crippen molar-refractivity contribution in [2.45, 2.75) is 25.8 Å². The number of likely N-dealkylation sites (N-methyl/N-ethyl adjacent to an activating group) is 1. The maximum Gasteiger partial charge on any atom is 0.124 e. The number of aryl methyl sites for hydroxylation is 1. The van der Waals surface area contributed by atoms with E-state index in [0.717, 1.165) is 22.9 Å². The Bertz CT molecular complexity index is 533. The summed E-state index contributed by atoms with van der Waals surface area (Å²) in [4.78, 5) is 2.72. The van der Waals surface area contributed by atoms with Crippen LogP contribution in [0.5, 0.6) is 0 Å². The predicted octanol–water partition coefficient (Wildman–Crippen LogP) is 4.72. The molecule has 0 saturated carbocycles. The van der Waals surface area contributed by atoms with E-state index in [1.807, 2.05) is 24.5 Å². The SMILES string of the molecule is CCc1ccc(CC(NC)c2cc(F)cc(Br)c2)s1. The summed E-state index contributed by atoms with van der Waals surface area (Å²) in [6.07, 6.45) is 1.96. The largest absolute Gasteiger partial charge is 0.313 e. The zero-order valence-electron chi connectivity index (χ0n) is 11.0. The third kappa shape index (κ3) is 3.88. The van der Waals surface area contributed by atoms with E-state index in [4.69, 9.17) is 0 Å². The van der Waals surface area contributed by atoms with Crippen LogP contribution in [-0.2, 0) is 12.8 Å². The van der Waals surface area contributed by atoms with E-state index in [9.17, 15) is 4.39 Å². The van der Waals surface area contributed by atoms with Crippen LogP contribution in [-0.4, -0.2) is 7.05 Å². The topological polar surface area (TPSA) is 12.0 Å². The van der Waals surface area contributed by atoms with E-state index in [1.165, 1.54) is 15.8 Å². The summed E-state index contributed by atoms with van der Waals surface area (Å²) >= 11 is 5.18. The van der Waals surface area contributed by atoms with Crippen molar-refractivity contribution in [1.29, 1.82) is 0 Å². The van der Waals surface area contributed by atoms with Crippen LogP contribution in [0.15, 0.2) is 34.8 Å². The predicted molar refractivity (Wildman–Crippen MR) is 83.3 cm³/mol. The quantitative estimate of drug-likeness (QED) is 0.829. The lowest BCUT2D eigenvalue weighted by molar-refractivity contribution is 0.580. The van der Waals surface area contributed by atoms with Crippen LogP contribution in [0.25, 0.3) is 0 Å². The minimum absolute atomic E-state index is 0.135. The van der Waals surface area contributed by atoms with E-state index in [0.29, 0.717) is 0 Å². The van der Waals surface area contributed by atoms with E-state index in [1.54, 1.807) is 6.07 Å². The van der Waals surface area contributed by atoms with Gasteiger partial charge in [-0.15, -0.1) is 11.3 Å². The number of benzene rings is 1. The lowest BCUT2D eigenvalue weighted by Gasteiger charge is -2.16. The number of hydrogen-bond donors (Lipinski definition) is 1. The summed E-state index contributed by atoms with van der Waals surface area (Å²) in [5.74, 6) is -0.204. The smallest absolute Gasteiger partial charge is 0.124 e. The highest BCUT2D eigenvalue weighted by molar-refractivity contribution is 9.10. The molecule has 2 aromatic rings. The third-order valence-electron chi connectivity index (χ3n) is 3.11. The molecule has 1 heterocycles. The van der Waals surface area contributed by atoms with E-state index in [2.05, 4.69) is 40.3 Å². The van der Waals surface area contributed by atoms with E-state index in [-0.39, 0.29) is 11.9 Å². The van der Waals surface area contributed by atoms with Crippen molar-refractivity contribution < 1.29 is 4.39 Å². The average molecular weight is 342 g/mol. The van der Waals surface area contributed by atoms with Gasteiger partial charge in [-0.05, 0) is 49.4 Å². The van der Waals surface area contributed by atoms with Gasteiger partial charge < -0.3 is 5.32 Å². The molecule has 19 heavy (non-hydrogen) atoms. The van der Waals surface area contributed by atoms with Crippen molar-refractivity contribution in [2.24, 2.45) is 0 Å². The second-order valence-corrected chi connectivity index (χ2v) is 6.64. The highest BCUT2D eigenvalue weighted by Crippen LogP contribution is 2.26. The van der Waals surface area contributed by atoms with Crippen molar-refractivity contribution in [3.8, 4) is 0 Å². The van der Waals surface area contributed by atoms with Gasteiger partial charge in [0.15, 0.2) is 0 Å². The molecule has 1 aromatic heterocycles. The lowest BCUT2D eigenvalue weighted by Crippen LogP contribution is -2.18. The number of nitrogens with one attached hydrogen (secondary N) is 1. The molecule has 1 nitrogen and oxygen atoms in total. The first-order valence-corrected chi connectivity index (χ1v) is 7.94. The molecule has 0 bridgehead atoms. The summed E-state index contributed by atoms with van der Waals surface area (Å²) in [6, 6.07) is 9.53. The van der Waals surface area contributed by atoms with Gasteiger partial charge in [0.2, 0.25) is 0 Å². The third-order valence-corrected chi connectivity index (χ3v) is 4.82. The monoisotopic (exact) mass is 341 g/mol. The van der Waals surface area contributed by atoms with Gasteiger partial charge in [-0.25, -0.2) is 4.39 Å². The molecule has 1 N–H and O–H groups in total. The highest BCUT2D eigenvalue weighted by Gasteiger charge is 2.13. The Morgan fingerprint density at radius 3 is 2.58 bits per heavy atom. The molecule has 0 saturated heterocycles. The molecule has 2 rings (SSSR count). The molecule has 1 atom stereocenters. The number of rotatable bonds is 5. The molecule has 0 aliphatic rings. The van der Waals surface area contributed by atoms with Gasteiger partial charge in [0.1, 0.15) is 5.82 Å². The first-order chi connectivity index (χ1) is 9.12. The molecule has 4 heteroatoms. The summed E-state index contributed by atoms with van der Waals surface area (Å²) in [5.41, 5.74) is 0.973. The standard InChI is InChI=1S/C15H17BrFNS/c1-3-13-4-5-14(19-13)9-15(18-2)10-6-11(16)8-12(17)7-10/h4-8,15,18H,3,9H2,1-2H3. The fraction of sp³-hybridized carbons (Fsp3) is 0.333. The molecule has 0 amide bonds. The summed E-state index contributed by atoms with van der Waals surface area (Å²) < 4.78 is 14.2. The molecule has 0 spiro atoms. The van der Waals surface area contributed by atoms with Gasteiger partial charge in [0.05, 0.1) is 0 Å². The zero-order chi connectivity index (χ0) is 13.8. The summed E-state index contributed by atoms with van der Waals surface area (Å²) in [7, 11) is 1.91. The van der Waals surface area contributed by atoms with Crippen molar-refractivity contribution >= 4 is 27.3 Å². The number of hydrogen-bond acceptors (Lipinski definition) is 2. The van der Waals surface area contributed by atoms with Crippen molar-refractivity contribution in [3.05, 3.63) is 55.9 Å².